The van der Waals surface area contributed by atoms with Gasteiger partial charge in [0.15, 0.2) is 5.96 Å². The number of nitrogens with two attached hydrogens (primary N) is 1. The Kier molecular flexibility index (Phi) is 7.02. The van der Waals surface area contributed by atoms with Gasteiger partial charge in [0.25, 0.3) is 0 Å². The average molecular weight is 487 g/mol. The van der Waals surface area contributed by atoms with Gasteiger partial charge in [-0.2, -0.15) is 0 Å². The SMILES string of the molecule is CC(C)Oc1ccc(NC(N)=NCC2(c3ccc(F)cc3F)CC2)cc1.I. The molecule has 0 saturated heterocycles. The summed E-state index contributed by atoms with van der Waals surface area (Å²) in [6.07, 6.45) is 1.74. The molecule has 7 heteroatoms. The fraction of sp³-hybridized carbons (Fsp3) is 0.350. The standard InChI is InChI=1S/C20H23F2N3O.HI/c1-13(2)26-16-6-4-15(5-7-16)25-19(23)24-12-20(9-10-20)17-8-3-14(21)11-18(17)22;/h3-8,11,13H,9-10,12H2,1-2H3,(H3,23,24,25);1H. The van der Waals surface area contributed by atoms with Crippen LogP contribution in [0.15, 0.2) is 47.5 Å². The van der Waals surface area contributed by atoms with E-state index in [-0.39, 0.29) is 41.5 Å². The van der Waals surface area contributed by atoms with Crippen molar-refractivity contribution in [2.45, 2.75) is 38.2 Å². The number of aliphatic imine (C=N–C) groups is 1. The summed E-state index contributed by atoms with van der Waals surface area (Å²) in [4.78, 5) is 4.36. The first-order valence-corrected chi connectivity index (χ1v) is 8.67. The monoisotopic (exact) mass is 487 g/mol. The summed E-state index contributed by atoms with van der Waals surface area (Å²) in [5, 5.41) is 3.02. The molecule has 0 spiro atoms. The van der Waals surface area contributed by atoms with Crippen molar-refractivity contribution in [1.82, 2.24) is 0 Å². The van der Waals surface area contributed by atoms with Crippen molar-refractivity contribution in [2.24, 2.45) is 10.7 Å². The molecule has 1 fully saturated rings. The Balaban J connectivity index is 0.00000261. The summed E-state index contributed by atoms with van der Waals surface area (Å²) in [5.41, 5.74) is 6.87. The van der Waals surface area contributed by atoms with Crippen molar-refractivity contribution in [1.29, 1.82) is 0 Å². The highest BCUT2D eigenvalue weighted by atomic mass is 127. The topological polar surface area (TPSA) is 59.6 Å². The molecule has 2 aromatic carbocycles. The van der Waals surface area contributed by atoms with Gasteiger partial charge in [-0.25, -0.2) is 8.78 Å². The number of rotatable bonds is 6. The minimum Gasteiger partial charge on any atom is -0.491 e. The van der Waals surface area contributed by atoms with Crippen LogP contribution in [0.5, 0.6) is 5.75 Å². The summed E-state index contributed by atoms with van der Waals surface area (Å²) >= 11 is 0. The van der Waals surface area contributed by atoms with Crippen molar-refractivity contribution >= 4 is 35.6 Å². The molecule has 3 N–H and O–H groups in total. The first kappa shape index (κ1) is 21.4. The maximum Gasteiger partial charge on any atom is 0.193 e. The van der Waals surface area contributed by atoms with E-state index in [1.165, 1.54) is 12.1 Å². The molecule has 2 aromatic rings. The second-order valence-corrected chi connectivity index (χ2v) is 6.92. The van der Waals surface area contributed by atoms with E-state index in [0.717, 1.165) is 30.3 Å². The minimum atomic E-state index is -0.573. The molecule has 4 nitrogen and oxygen atoms in total. The van der Waals surface area contributed by atoms with Crippen molar-refractivity contribution < 1.29 is 13.5 Å². The van der Waals surface area contributed by atoms with Crippen LogP contribution in [0.3, 0.4) is 0 Å². The fourth-order valence-electron chi connectivity index (χ4n) is 2.90. The molecular formula is C20H24F2IN3O. The molecule has 27 heavy (non-hydrogen) atoms. The summed E-state index contributed by atoms with van der Waals surface area (Å²) in [7, 11) is 0. The third-order valence-corrected chi connectivity index (χ3v) is 4.41. The minimum absolute atomic E-state index is 0. The lowest BCUT2D eigenvalue weighted by molar-refractivity contribution is 0.242. The molecule has 0 radical (unpaired) electrons. The molecular weight excluding hydrogens is 463 g/mol. The fourth-order valence-corrected chi connectivity index (χ4v) is 2.90. The van der Waals surface area contributed by atoms with Gasteiger partial charge in [-0.3, -0.25) is 4.99 Å². The Morgan fingerprint density at radius 1 is 1.19 bits per heavy atom. The van der Waals surface area contributed by atoms with Crippen molar-refractivity contribution in [2.75, 3.05) is 11.9 Å². The number of halogens is 3. The van der Waals surface area contributed by atoms with E-state index < -0.39 is 11.6 Å². The molecule has 0 heterocycles. The number of ether oxygens (including phenoxy) is 1. The number of anilines is 1. The number of guanidine groups is 1. The molecule has 1 aliphatic carbocycles. The van der Waals surface area contributed by atoms with Gasteiger partial charge in [-0.15, -0.1) is 24.0 Å². The molecule has 0 atom stereocenters. The second kappa shape index (κ2) is 8.86. The third-order valence-electron chi connectivity index (χ3n) is 4.41. The van der Waals surface area contributed by atoms with Gasteiger partial charge < -0.3 is 15.8 Å². The number of benzene rings is 2. The van der Waals surface area contributed by atoms with Crippen LogP contribution in [-0.4, -0.2) is 18.6 Å². The van der Waals surface area contributed by atoms with E-state index >= 15 is 0 Å². The summed E-state index contributed by atoms with van der Waals surface area (Å²) < 4.78 is 32.7. The van der Waals surface area contributed by atoms with Gasteiger partial charge in [0, 0.05) is 17.2 Å². The Morgan fingerprint density at radius 2 is 1.85 bits per heavy atom. The van der Waals surface area contributed by atoms with E-state index in [1.54, 1.807) is 0 Å². The van der Waals surface area contributed by atoms with Gasteiger partial charge in [-0.1, -0.05) is 6.07 Å². The van der Waals surface area contributed by atoms with E-state index in [9.17, 15) is 8.78 Å². The average Bonchev–Trinajstić information content (AvgIpc) is 3.35. The zero-order valence-corrected chi connectivity index (χ0v) is 17.7. The molecule has 1 saturated carbocycles. The van der Waals surface area contributed by atoms with Crippen LogP contribution in [0, 0.1) is 11.6 Å². The quantitative estimate of drug-likeness (QED) is 0.349. The van der Waals surface area contributed by atoms with Crippen LogP contribution < -0.4 is 15.8 Å². The predicted molar refractivity (Wildman–Crippen MR) is 115 cm³/mol. The van der Waals surface area contributed by atoms with E-state index in [2.05, 4.69) is 10.3 Å². The highest BCUT2D eigenvalue weighted by Crippen LogP contribution is 2.49. The highest BCUT2D eigenvalue weighted by Gasteiger charge is 2.46. The molecule has 1 aliphatic rings. The van der Waals surface area contributed by atoms with Crippen LogP contribution in [0.2, 0.25) is 0 Å². The van der Waals surface area contributed by atoms with Gasteiger partial charge in [0.1, 0.15) is 17.4 Å². The lowest BCUT2D eigenvalue weighted by atomic mass is 9.95. The van der Waals surface area contributed by atoms with Gasteiger partial charge in [0.2, 0.25) is 0 Å². The van der Waals surface area contributed by atoms with Crippen LogP contribution in [-0.2, 0) is 5.41 Å². The van der Waals surface area contributed by atoms with Crippen molar-refractivity contribution in [3.8, 4) is 5.75 Å². The molecule has 146 valence electrons. The Bertz CT molecular complexity index is 805. The lowest BCUT2D eigenvalue weighted by Gasteiger charge is -2.15. The Hall–Kier alpha value is -1.90. The first-order valence-electron chi connectivity index (χ1n) is 8.67. The first-order chi connectivity index (χ1) is 12.4. The number of hydrogen-bond acceptors (Lipinski definition) is 2. The predicted octanol–water partition coefficient (Wildman–Crippen LogP) is 4.83. The van der Waals surface area contributed by atoms with Crippen LogP contribution in [0.4, 0.5) is 14.5 Å². The normalized spacial score (nSPS) is 15.2. The number of hydrogen-bond donors (Lipinski definition) is 2. The van der Waals surface area contributed by atoms with Crippen molar-refractivity contribution in [3.63, 3.8) is 0 Å². The van der Waals surface area contributed by atoms with Gasteiger partial charge >= 0.3 is 0 Å². The van der Waals surface area contributed by atoms with E-state index in [1.807, 2.05) is 38.1 Å². The molecule has 0 unspecified atom stereocenters. The van der Waals surface area contributed by atoms with Crippen LogP contribution in [0.1, 0.15) is 32.3 Å². The van der Waals surface area contributed by atoms with Crippen molar-refractivity contribution in [3.05, 3.63) is 59.7 Å². The second-order valence-electron chi connectivity index (χ2n) is 6.92. The molecule has 0 aliphatic heterocycles. The molecule has 0 amide bonds. The van der Waals surface area contributed by atoms with E-state index in [0.29, 0.717) is 12.1 Å². The lowest BCUT2D eigenvalue weighted by Crippen LogP contribution is -2.25. The summed E-state index contributed by atoms with van der Waals surface area (Å²) in [6, 6.07) is 11.1. The number of nitrogens with one attached hydrogen (secondary N) is 1. The van der Waals surface area contributed by atoms with Crippen LogP contribution >= 0.6 is 24.0 Å². The highest BCUT2D eigenvalue weighted by molar-refractivity contribution is 14.0. The molecule has 0 bridgehead atoms. The van der Waals surface area contributed by atoms with Gasteiger partial charge in [0.05, 0.1) is 12.6 Å². The molecule has 0 aromatic heterocycles. The summed E-state index contributed by atoms with van der Waals surface area (Å²) in [5.74, 6) is -0.0531. The maximum absolute atomic E-state index is 14.0. The van der Waals surface area contributed by atoms with E-state index in [4.69, 9.17) is 10.5 Å². The third kappa shape index (κ3) is 5.54. The number of nitrogens with zero attached hydrogens (tertiary/aromatic N) is 1. The largest absolute Gasteiger partial charge is 0.491 e. The molecule has 3 rings (SSSR count). The van der Waals surface area contributed by atoms with Gasteiger partial charge in [-0.05, 0) is 62.6 Å². The Labute approximate surface area is 175 Å². The Morgan fingerprint density at radius 3 is 2.41 bits per heavy atom. The zero-order chi connectivity index (χ0) is 18.7. The smallest absolute Gasteiger partial charge is 0.193 e. The summed E-state index contributed by atoms with van der Waals surface area (Å²) in [6.45, 7) is 4.30. The van der Waals surface area contributed by atoms with Crippen LogP contribution in [0.25, 0.3) is 0 Å². The zero-order valence-electron chi connectivity index (χ0n) is 15.3. The maximum atomic E-state index is 14.0.